The Hall–Kier alpha value is -3.13. The summed E-state index contributed by atoms with van der Waals surface area (Å²) in [6.07, 6.45) is 4.29. The second-order valence-electron chi connectivity index (χ2n) is 7.55. The first-order valence-corrected chi connectivity index (χ1v) is 9.92. The van der Waals surface area contributed by atoms with Gasteiger partial charge in [-0.25, -0.2) is 9.97 Å². The maximum absolute atomic E-state index is 12.0. The lowest BCUT2D eigenvalue weighted by molar-refractivity contribution is -0.119. The molecule has 2 aliphatic rings. The Balaban J connectivity index is 1.47. The topological polar surface area (TPSA) is 107 Å². The molecule has 1 aliphatic heterocycles. The largest absolute Gasteiger partial charge is 0.378 e. The molecule has 0 amide bonds. The standard InChI is InChI=1S/C21H22N6O2/c22-21-25-19-18(20(26-21)27-7-9-29-10-8-27)24-16(12-23-19)14-3-1-13(2-4-14)11-17(28)15-5-6-15/h1-4,12,15H,5-11H2,(H2,22,23,25,26). The molecule has 5 rings (SSSR count). The van der Waals surface area contributed by atoms with Crippen molar-refractivity contribution in [1.29, 1.82) is 0 Å². The molecule has 8 nitrogen and oxygen atoms in total. The molecule has 0 bridgehead atoms. The van der Waals surface area contributed by atoms with Gasteiger partial charge in [-0.1, -0.05) is 24.3 Å². The van der Waals surface area contributed by atoms with Crippen LogP contribution in [0, 0.1) is 5.92 Å². The van der Waals surface area contributed by atoms with E-state index in [-0.39, 0.29) is 11.9 Å². The summed E-state index contributed by atoms with van der Waals surface area (Å²) in [6.45, 7) is 2.72. The van der Waals surface area contributed by atoms with Crippen LogP contribution in [0.3, 0.4) is 0 Å². The van der Waals surface area contributed by atoms with E-state index in [2.05, 4.69) is 19.9 Å². The van der Waals surface area contributed by atoms with E-state index >= 15 is 0 Å². The number of aromatic nitrogens is 4. The molecule has 8 heteroatoms. The lowest BCUT2D eigenvalue weighted by atomic mass is 10.0. The Bertz CT molecular complexity index is 1060. The zero-order valence-corrected chi connectivity index (χ0v) is 16.0. The van der Waals surface area contributed by atoms with Gasteiger partial charge in [0.1, 0.15) is 5.78 Å². The van der Waals surface area contributed by atoms with Crippen molar-refractivity contribution in [3.8, 4) is 11.3 Å². The third kappa shape index (κ3) is 3.75. The molecule has 1 aromatic carbocycles. The molecule has 148 valence electrons. The number of hydrogen-bond acceptors (Lipinski definition) is 8. The predicted molar refractivity (Wildman–Crippen MR) is 109 cm³/mol. The van der Waals surface area contributed by atoms with E-state index in [4.69, 9.17) is 15.5 Å². The molecular weight excluding hydrogens is 368 g/mol. The first-order chi connectivity index (χ1) is 14.2. The first-order valence-electron chi connectivity index (χ1n) is 9.92. The number of anilines is 2. The van der Waals surface area contributed by atoms with Crippen LogP contribution < -0.4 is 10.6 Å². The zero-order chi connectivity index (χ0) is 19.8. The van der Waals surface area contributed by atoms with Gasteiger partial charge in [0.15, 0.2) is 17.0 Å². The highest BCUT2D eigenvalue weighted by atomic mass is 16.5. The van der Waals surface area contributed by atoms with Crippen LogP contribution in [-0.4, -0.2) is 52.0 Å². The Morgan fingerprint density at radius 2 is 1.86 bits per heavy atom. The Labute approximate surface area is 168 Å². The highest BCUT2D eigenvalue weighted by molar-refractivity contribution is 5.86. The van der Waals surface area contributed by atoms with Crippen LogP contribution in [0.5, 0.6) is 0 Å². The maximum Gasteiger partial charge on any atom is 0.224 e. The van der Waals surface area contributed by atoms with Crippen molar-refractivity contribution in [1.82, 2.24) is 19.9 Å². The lowest BCUT2D eigenvalue weighted by Crippen LogP contribution is -2.37. The lowest BCUT2D eigenvalue weighted by Gasteiger charge is -2.28. The fraction of sp³-hybridized carbons (Fsp3) is 0.381. The van der Waals surface area contributed by atoms with E-state index in [0.29, 0.717) is 42.4 Å². The van der Waals surface area contributed by atoms with E-state index in [9.17, 15) is 4.79 Å². The van der Waals surface area contributed by atoms with Crippen molar-refractivity contribution < 1.29 is 9.53 Å². The van der Waals surface area contributed by atoms with Gasteiger partial charge in [0.05, 0.1) is 25.1 Å². The average molecular weight is 390 g/mol. The minimum absolute atomic E-state index is 0.186. The Kier molecular flexibility index (Phi) is 4.55. The Morgan fingerprint density at radius 1 is 1.10 bits per heavy atom. The van der Waals surface area contributed by atoms with Gasteiger partial charge in [0.2, 0.25) is 5.95 Å². The molecule has 3 aromatic rings. The summed E-state index contributed by atoms with van der Waals surface area (Å²) in [6, 6.07) is 7.95. The maximum atomic E-state index is 12.0. The normalized spacial score (nSPS) is 16.9. The monoisotopic (exact) mass is 390 g/mol. The smallest absolute Gasteiger partial charge is 0.224 e. The van der Waals surface area contributed by atoms with Crippen LogP contribution >= 0.6 is 0 Å². The van der Waals surface area contributed by atoms with Crippen molar-refractivity contribution in [2.75, 3.05) is 36.9 Å². The van der Waals surface area contributed by atoms with Gasteiger partial charge in [0.25, 0.3) is 0 Å². The van der Waals surface area contributed by atoms with E-state index < -0.39 is 0 Å². The Morgan fingerprint density at radius 3 is 2.59 bits per heavy atom. The molecule has 1 saturated heterocycles. The summed E-state index contributed by atoms with van der Waals surface area (Å²) in [5, 5.41) is 0. The zero-order valence-electron chi connectivity index (χ0n) is 16.0. The summed E-state index contributed by atoms with van der Waals surface area (Å²) in [7, 11) is 0. The summed E-state index contributed by atoms with van der Waals surface area (Å²) < 4.78 is 5.44. The highest BCUT2D eigenvalue weighted by Crippen LogP contribution is 2.31. The molecule has 1 saturated carbocycles. The molecular formula is C21H22N6O2. The summed E-state index contributed by atoms with van der Waals surface area (Å²) in [5.74, 6) is 1.50. The molecule has 29 heavy (non-hydrogen) atoms. The SMILES string of the molecule is Nc1nc(N2CCOCC2)c2nc(-c3ccc(CC(=O)C4CC4)cc3)cnc2n1. The summed E-state index contributed by atoms with van der Waals surface area (Å²) in [4.78, 5) is 32.1. The number of ketones is 1. The van der Waals surface area contributed by atoms with Crippen molar-refractivity contribution in [3.63, 3.8) is 0 Å². The van der Waals surface area contributed by atoms with Gasteiger partial charge in [-0.3, -0.25) is 4.79 Å². The highest BCUT2D eigenvalue weighted by Gasteiger charge is 2.29. The van der Waals surface area contributed by atoms with E-state index in [0.717, 1.165) is 42.8 Å². The minimum atomic E-state index is 0.186. The molecule has 0 atom stereocenters. The molecule has 0 radical (unpaired) electrons. The van der Waals surface area contributed by atoms with Crippen LogP contribution in [-0.2, 0) is 16.0 Å². The number of carbonyl (C=O) groups excluding carboxylic acids is 1. The average Bonchev–Trinajstić information content (AvgIpc) is 3.60. The van der Waals surface area contributed by atoms with Crippen LogP contribution in [0.1, 0.15) is 18.4 Å². The molecule has 2 N–H and O–H groups in total. The number of carbonyl (C=O) groups is 1. The number of rotatable bonds is 5. The van der Waals surface area contributed by atoms with Gasteiger partial charge < -0.3 is 15.4 Å². The fourth-order valence-corrected chi connectivity index (χ4v) is 3.59. The summed E-state index contributed by atoms with van der Waals surface area (Å²) >= 11 is 0. The quantitative estimate of drug-likeness (QED) is 0.705. The van der Waals surface area contributed by atoms with Gasteiger partial charge in [-0.15, -0.1) is 0 Å². The van der Waals surface area contributed by atoms with E-state index in [1.807, 2.05) is 24.3 Å². The van der Waals surface area contributed by atoms with Crippen molar-refractivity contribution >= 4 is 28.7 Å². The summed E-state index contributed by atoms with van der Waals surface area (Å²) in [5.41, 5.74) is 9.70. The van der Waals surface area contributed by atoms with E-state index in [1.54, 1.807) is 6.20 Å². The molecule has 1 aliphatic carbocycles. The van der Waals surface area contributed by atoms with E-state index in [1.165, 1.54) is 0 Å². The van der Waals surface area contributed by atoms with Crippen molar-refractivity contribution in [2.24, 2.45) is 5.92 Å². The number of hydrogen-bond donors (Lipinski definition) is 1. The molecule has 0 unspecified atom stereocenters. The molecule has 0 spiro atoms. The van der Waals surface area contributed by atoms with Gasteiger partial charge in [-0.2, -0.15) is 9.97 Å². The number of nitrogens with zero attached hydrogens (tertiary/aromatic N) is 5. The number of morpholine rings is 1. The number of fused-ring (bicyclic) bond motifs is 1. The van der Waals surface area contributed by atoms with Crippen LogP contribution in [0.15, 0.2) is 30.5 Å². The fourth-order valence-electron chi connectivity index (χ4n) is 3.59. The van der Waals surface area contributed by atoms with Crippen molar-refractivity contribution in [2.45, 2.75) is 19.3 Å². The third-order valence-electron chi connectivity index (χ3n) is 5.38. The van der Waals surface area contributed by atoms with Gasteiger partial charge in [-0.05, 0) is 18.4 Å². The first kappa shape index (κ1) is 17.9. The number of nitrogens with two attached hydrogens (primary N) is 1. The van der Waals surface area contributed by atoms with Crippen LogP contribution in [0.2, 0.25) is 0 Å². The second-order valence-corrected chi connectivity index (χ2v) is 7.55. The molecule has 2 aromatic heterocycles. The third-order valence-corrected chi connectivity index (χ3v) is 5.38. The number of nitrogen functional groups attached to an aromatic ring is 1. The van der Waals surface area contributed by atoms with Gasteiger partial charge in [0, 0.05) is 31.0 Å². The molecule has 2 fully saturated rings. The predicted octanol–water partition coefficient (Wildman–Crippen LogP) is 2.03. The van der Waals surface area contributed by atoms with Gasteiger partial charge >= 0.3 is 0 Å². The number of benzene rings is 1. The van der Waals surface area contributed by atoms with Crippen LogP contribution in [0.4, 0.5) is 11.8 Å². The van der Waals surface area contributed by atoms with Crippen LogP contribution in [0.25, 0.3) is 22.4 Å². The minimum Gasteiger partial charge on any atom is -0.378 e. The molecule has 3 heterocycles. The number of Topliss-reactive ketones (excluding diaryl/α,β-unsaturated/α-hetero) is 1. The second kappa shape index (κ2) is 7.36. The number of ether oxygens (including phenoxy) is 1. The van der Waals surface area contributed by atoms with Crippen molar-refractivity contribution in [3.05, 3.63) is 36.0 Å².